The Morgan fingerprint density at radius 3 is 2.68 bits per heavy atom. The summed E-state index contributed by atoms with van der Waals surface area (Å²) in [7, 11) is 1.77. The van der Waals surface area contributed by atoms with Gasteiger partial charge in [0.2, 0.25) is 11.7 Å². The molecule has 1 amide bonds. The molecule has 0 aliphatic heterocycles. The first kappa shape index (κ1) is 17.9. The number of nitrogens with zero attached hydrogens (tertiary/aromatic N) is 6. The number of nitrogens with one attached hydrogen (secondary N) is 1. The van der Waals surface area contributed by atoms with Gasteiger partial charge in [0.1, 0.15) is 12.2 Å². The fourth-order valence-corrected chi connectivity index (χ4v) is 3.48. The van der Waals surface area contributed by atoms with Crippen LogP contribution in [0.3, 0.4) is 0 Å². The maximum absolute atomic E-state index is 12.8. The van der Waals surface area contributed by atoms with E-state index in [1.807, 2.05) is 47.8 Å². The van der Waals surface area contributed by atoms with Gasteiger partial charge in [-0.3, -0.25) is 14.3 Å². The Bertz CT molecular complexity index is 1170. The van der Waals surface area contributed by atoms with Gasteiger partial charge in [-0.2, -0.15) is 4.80 Å². The summed E-state index contributed by atoms with van der Waals surface area (Å²) < 4.78 is 3.21. The second kappa shape index (κ2) is 7.24. The van der Waals surface area contributed by atoms with Gasteiger partial charge in [-0.25, -0.2) is 4.68 Å². The zero-order valence-corrected chi connectivity index (χ0v) is 16.1. The van der Waals surface area contributed by atoms with E-state index in [-0.39, 0.29) is 17.8 Å². The lowest BCUT2D eigenvalue weighted by atomic mass is 10.3. The highest BCUT2D eigenvalue weighted by molar-refractivity contribution is 7.13. The average molecular weight is 395 g/mol. The van der Waals surface area contributed by atoms with E-state index in [4.69, 9.17) is 0 Å². The third-order valence-corrected chi connectivity index (χ3v) is 5.16. The van der Waals surface area contributed by atoms with Gasteiger partial charge in [-0.15, -0.1) is 21.5 Å². The molecule has 10 heteroatoms. The van der Waals surface area contributed by atoms with E-state index in [0.717, 1.165) is 10.6 Å². The van der Waals surface area contributed by atoms with Crippen LogP contribution in [0.4, 0.5) is 5.69 Å². The van der Waals surface area contributed by atoms with Crippen molar-refractivity contribution in [2.75, 3.05) is 5.32 Å². The summed E-state index contributed by atoms with van der Waals surface area (Å²) in [5, 5.41) is 16.7. The van der Waals surface area contributed by atoms with E-state index in [2.05, 4.69) is 20.7 Å². The predicted octanol–water partition coefficient (Wildman–Crippen LogP) is 1.84. The first-order valence-electron chi connectivity index (χ1n) is 8.50. The Morgan fingerprint density at radius 2 is 1.96 bits per heavy atom. The van der Waals surface area contributed by atoms with E-state index in [9.17, 15) is 9.59 Å². The van der Waals surface area contributed by atoms with Crippen LogP contribution in [0.5, 0.6) is 0 Å². The van der Waals surface area contributed by atoms with E-state index in [1.165, 1.54) is 20.8 Å². The molecule has 0 saturated carbocycles. The molecule has 0 atom stereocenters. The minimum atomic E-state index is -0.402. The fraction of sp³-hybridized carbons (Fsp3) is 0.167. The van der Waals surface area contributed by atoms with E-state index < -0.39 is 5.91 Å². The standard InChI is InChI=1S/C18H17N7O2S/c1-12-16(18(27)25(23(12)2)13-7-4-3-5-8-13)19-15(26)11-24-21-17(20-22-24)14-9-6-10-28-14/h3-10H,11H2,1-2H3,(H,19,26). The molecule has 0 spiro atoms. The van der Waals surface area contributed by atoms with Gasteiger partial charge in [-0.1, -0.05) is 24.3 Å². The molecule has 28 heavy (non-hydrogen) atoms. The van der Waals surface area contributed by atoms with E-state index in [1.54, 1.807) is 18.7 Å². The molecule has 0 aliphatic rings. The van der Waals surface area contributed by atoms with Gasteiger partial charge in [0, 0.05) is 7.05 Å². The highest BCUT2D eigenvalue weighted by Gasteiger charge is 2.19. The summed E-state index contributed by atoms with van der Waals surface area (Å²) in [5.74, 6) is 0.0614. The van der Waals surface area contributed by atoms with Gasteiger partial charge >= 0.3 is 0 Å². The van der Waals surface area contributed by atoms with Crippen molar-refractivity contribution in [3.05, 3.63) is 63.9 Å². The van der Waals surface area contributed by atoms with Crippen LogP contribution in [0.15, 0.2) is 52.6 Å². The Morgan fingerprint density at radius 1 is 1.18 bits per heavy atom. The largest absolute Gasteiger partial charge is 0.318 e. The van der Waals surface area contributed by atoms with Crippen LogP contribution >= 0.6 is 11.3 Å². The number of amides is 1. The molecule has 0 bridgehead atoms. The lowest BCUT2D eigenvalue weighted by molar-refractivity contribution is -0.117. The lowest BCUT2D eigenvalue weighted by Crippen LogP contribution is -2.25. The first-order valence-corrected chi connectivity index (χ1v) is 9.38. The van der Waals surface area contributed by atoms with Crippen LogP contribution in [0.2, 0.25) is 0 Å². The Balaban J connectivity index is 1.55. The second-order valence-electron chi connectivity index (χ2n) is 6.11. The van der Waals surface area contributed by atoms with Crippen molar-refractivity contribution in [1.29, 1.82) is 0 Å². The highest BCUT2D eigenvalue weighted by atomic mass is 32.1. The number of aromatic nitrogens is 6. The molecule has 0 radical (unpaired) electrons. The number of hydrogen-bond acceptors (Lipinski definition) is 6. The third kappa shape index (κ3) is 3.25. The Labute approximate surface area is 163 Å². The lowest BCUT2D eigenvalue weighted by Gasteiger charge is -2.07. The fourth-order valence-electron chi connectivity index (χ4n) is 2.83. The number of tetrazole rings is 1. The van der Waals surface area contributed by atoms with Crippen molar-refractivity contribution in [1.82, 2.24) is 29.6 Å². The summed E-state index contributed by atoms with van der Waals surface area (Å²) >= 11 is 1.49. The molecule has 1 N–H and O–H groups in total. The topological polar surface area (TPSA) is 99.6 Å². The van der Waals surface area contributed by atoms with Crippen LogP contribution in [0, 0.1) is 6.92 Å². The maximum Gasteiger partial charge on any atom is 0.295 e. The van der Waals surface area contributed by atoms with Crippen molar-refractivity contribution in [2.45, 2.75) is 13.5 Å². The summed E-state index contributed by atoms with van der Waals surface area (Å²) in [6.45, 7) is 1.64. The summed E-state index contributed by atoms with van der Waals surface area (Å²) in [6.07, 6.45) is 0. The van der Waals surface area contributed by atoms with Crippen LogP contribution in [0.1, 0.15) is 5.69 Å². The van der Waals surface area contributed by atoms with E-state index >= 15 is 0 Å². The summed E-state index contributed by atoms with van der Waals surface area (Å²) in [4.78, 5) is 27.4. The highest BCUT2D eigenvalue weighted by Crippen LogP contribution is 2.19. The van der Waals surface area contributed by atoms with Crippen molar-refractivity contribution < 1.29 is 4.79 Å². The molecule has 142 valence electrons. The number of hydrogen-bond donors (Lipinski definition) is 1. The predicted molar refractivity (Wildman–Crippen MR) is 106 cm³/mol. The number of carbonyl (C=O) groups excluding carboxylic acids is 1. The van der Waals surface area contributed by atoms with Gasteiger partial charge in [0.25, 0.3) is 5.56 Å². The molecule has 0 fully saturated rings. The van der Waals surface area contributed by atoms with Gasteiger partial charge in [0.05, 0.1) is 16.3 Å². The third-order valence-electron chi connectivity index (χ3n) is 4.30. The van der Waals surface area contributed by atoms with Gasteiger partial charge in [0.15, 0.2) is 0 Å². The van der Waals surface area contributed by atoms with Crippen molar-refractivity contribution in [3.63, 3.8) is 0 Å². The Kier molecular flexibility index (Phi) is 4.62. The normalized spacial score (nSPS) is 10.9. The first-order chi connectivity index (χ1) is 13.5. The average Bonchev–Trinajstić information content (AvgIpc) is 3.41. The molecule has 0 aliphatic carbocycles. The minimum absolute atomic E-state index is 0.141. The zero-order valence-electron chi connectivity index (χ0n) is 15.2. The molecule has 0 saturated heterocycles. The summed E-state index contributed by atoms with van der Waals surface area (Å²) in [5.41, 5.74) is 1.30. The molecule has 4 rings (SSSR count). The second-order valence-corrected chi connectivity index (χ2v) is 7.05. The molecular formula is C18H17N7O2S. The zero-order chi connectivity index (χ0) is 19.7. The monoisotopic (exact) mass is 395 g/mol. The maximum atomic E-state index is 12.8. The van der Waals surface area contributed by atoms with Gasteiger partial charge in [-0.05, 0) is 35.7 Å². The molecule has 9 nitrogen and oxygen atoms in total. The minimum Gasteiger partial charge on any atom is -0.318 e. The van der Waals surface area contributed by atoms with E-state index in [0.29, 0.717) is 11.5 Å². The SMILES string of the molecule is Cc1c(NC(=O)Cn2nnc(-c3cccs3)n2)c(=O)n(-c2ccccc2)n1C. The quantitative estimate of drug-likeness (QED) is 0.556. The molecule has 3 aromatic heterocycles. The Hall–Kier alpha value is -3.53. The number of rotatable bonds is 5. The van der Waals surface area contributed by atoms with Crippen LogP contribution in [0.25, 0.3) is 16.4 Å². The number of benzene rings is 1. The number of para-hydroxylation sites is 1. The van der Waals surface area contributed by atoms with Gasteiger partial charge < -0.3 is 5.32 Å². The van der Waals surface area contributed by atoms with Crippen molar-refractivity contribution in [3.8, 4) is 16.4 Å². The number of carbonyl (C=O) groups is 1. The molecule has 4 aromatic rings. The number of thiophene rings is 1. The summed E-state index contributed by atoms with van der Waals surface area (Å²) in [6, 6.07) is 13.0. The molecule has 3 heterocycles. The van der Waals surface area contributed by atoms with Crippen LogP contribution in [-0.4, -0.2) is 35.5 Å². The number of anilines is 1. The van der Waals surface area contributed by atoms with Crippen LogP contribution in [-0.2, 0) is 18.4 Å². The smallest absolute Gasteiger partial charge is 0.295 e. The molecule has 1 aromatic carbocycles. The molecular weight excluding hydrogens is 378 g/mol. The van der Waals surface area contributed by atoms with Crippen molar-refractivity contribution in [2.24, 2.45) is 7.05 Å². The molecule has 0 unspecified atom stereocenters. The van der Waals surface area contributed by atoms with Crippen LogP contribution < -0.4 is 10.9 Å². The van der Waals surface area contributed by atoms with Crippen molar-refractivity contribution >= 4 is 22.9 Å².